The quantitative estimate of drug-likeness (QED) is 0.387. The third kappa shape index (κ3) is 6.90. The maximum absolute atomic E-state index is 12.2. The highest BCUT2D eigenvalue weighted by Gasteiger charge is 2.25. The summed E-state index contributed by atoms with van der Waals surface area (Å²) in [6.45, 7) is 2.28. The van der Waals surface area contributed by atoms with Crippen LogP contribution in [-0.2, 0) is 6.42 Å². The third-order valence-electron chi connectivity index (χ3n) is 6.39. The van der Waals surface area contributed by atoms with Crippen LogP contribution in [0, 0.1) is 5.92 Å². The van der Waals surface area contributed by atoms with E-state index in [1.807, 2.05) is 12.1 Å². The number of rotatable bonds is 8. The number of alkyl halides is 3. The Hall–Kier alpha value is -1.77. The number of halogens is 3. The van der Waals surface area contributed by atoms with Crippen LogP contribution in [0.1, 0.15) is 81.8 Å². The summed E-state index contributed by atoms with van der Waals surface area (Å²) in [6, 6.07) is 17.3. The normalized spacial score (nSPS) is 20.0. The van der Waals surface area contributed by atoms with E-state index in [1.165, 1.54) is 55.2 Å². The molecule has 1 aliphatic carbocycles. The van der Waals surface area contributed by atoms with Gasteiger partial charge in [-0.2, -0.15) is 13.2 Å². The number of benzene rings is 2. The molecule has 2 aromatic carbocycles. The van der Waals surface area contributed by atoms with Crippen LogP contribution >= 0.6 is 0 Å². The molecule has 3 rings (SSSR count). The lowest BCUT2D eigenvalue weighted by atomic mass is 9.77. The number of hydrogen-bond acceptors (Lipinski definition) is 0. The van der Waals surface area contributed by atoms with Crippen LogP contribution < -0.4 is 0 Å². The Balaban J connectivity index is 1.51. The first-order chi connectivity index (χ1) is 13.9. The van der Waals surface area contributed by atoms with Crippen LogP contribution in [0.4, 0.5) is 13.2 Å². The molecular formula is C26H33F3. The van der Waals surface area contributed by atoms with Gasteiger partial charge in [0.2, 0.25) is 0 Å². The molecule has 2 aromatic rings. The summed E-state index contributed by atoms with van der Waals surface area (Å²) < 4.78 is 36.7. The van der Waals surface area contributed by atoms with Crippen molar-refractivity contribution in [1.29, 1.82) is 0 Å². The Morgan fingerprint density at radius 1 is 0.793 bits per heavy atom. The van der Waals surface area contributed by atoms with Crippen molar-refractivity contribution in [2.24, 2.45) is 5.92 Å². The van der Waals surface area contributed by atoms with Gasteiger partial charge in [0.25, 0.3) is 0 Å². The van der Waals surface area contributed by atoms with Gasteiger partial charge in [-0.05, 0) is 79.0 Å². The number of hydrogen-bond donors (Lipinski definition) is 0. The standard InChI is InChI=1S/C26H33F3/c1-2-5-20-7-11-22(12-8-20)24-15-17-25(18-16-24)23-13-9-21(10-14-23)6-3-4-19-26(27,28)29/h9-10,13-18,20,22H,2-8,11-12,19H2,1H3. The Kier molecular flexibility index (Phi) is 7.80. The Bertz CT molecular complexity index is 720. The van der Waals surface area contributed by atoms with Crippen LogP contribution in [-0.4, -0.2) is 6.18 Å². The van der Waals surface area contributed by atoms with Gasteiger partial charge in [0, 0.05) is 6.42 Å². The molecule has 0 nitrogen and oxygen atoms in total. The van der Waals surface area contributed by atoms with Gasteiger partial charge in [0.05, 0.1) is 0 Å². The molecular weight excluding hydrogens is 369 g/mol. The molecule has 1 fully saturated rings. The van der Waals surface area contributed by atoms with Gasteiger partial charge < -0.3 is 0 Å². The van der Waals surface area contributed by atoms with Gasteiger partial charge in [-0.3, -0.25) is 0 Å². The minimum atomic E-state index is -4.04. The van der Waals surface area contributed by atoms with E-state index in [1.54, 1.807) is 0 Å². The van der Waals surface area contributed by atoms with Gasteiger partial charge in [0.1, 0.15) is 0 Å². The van der Waals surface area contributed by atoms with E-state index in [0.29, 0.717) is 18.8 Å². The zero-order valence-electron chi connectivity index (χ0n) is 17.5. The minimum absolute atomic E-state index is 0.201. The van der Waals surface area contributed by atoms with Gasteiger partial charge >= 0.3 is 6.18 Å². The van der Waals surface area contributed by atoms with Gasteiger partial charge in [-0.25, -0.2) is 0 Å². The molecule has 0 bridgehead atoms. The second-order valence-electron chi connectivity index (χ2n) is 8.65. The summed E-state index contributed by atoms with van der Waals surface area (Å²) in [5, 5.41) is 0. The third-order valence-corrected chi connectivity index (χ3v) is 6.39. The largest absolute Gasteiger partial charge is 0.389 e. The van der Waals surface area contributed by atoms with Crippen LogP contribution in [0.25, 0.3) is 11.1 Å². The molecule has 0 N–H and O–H groups in total. The predicted molar refractivity (Wildman–Crippen MR) is 115 cm³/mol. The lowest BCUT2D eigenvalue weighted by molar-refractivity contribution is -0.135. The average molecular weight is 403 g/mol. The summed E-state index contributed by atoms with van der Waals surface area (Å²) in [6.07, 6.45) is 4.80. The molecule has 3 heteroatoms. The lowest BCUT2D eigenvalue weighted by Crippen LogP contribution is -2.13. The van der Waals surface area contributed by atoms with Gasteiger partial charge in [-0.1, -0.05) is 68.3 Å². The van der Waals surface area contributed by atoms with E-state index in [2.05, 4.69) is 43.3 Å². The molecule has 0 unspecified atom stereocenters. The van der Waals surface area contributed by atoms with E-state index in [0.717, 1.165) is 11.5 Å². The SMILES string of the molecule is CCCC1CCC(c2ccc(-c3ccc(CCCCC(F)(F)F)cc3)cc2)CC1. The molecule has 0 heterocycles. The van der Waals surface area contributed by atoms with Crippen molar-refractivity contribution < 1.29 is 13.2 Å². The summed E-state index contributed by atoms with van der Waals surface area (Å²) >= 11 is 0. The zero-order chi connectivity index (χ0) is 20.7. The lowest BCUT2D eigenvalue weighted by Gasteiger charge is -2.28. The molecule has 0 atom stereocenters. The molecule has 0 aliphatic heterocycles. The maximum atomic E-state index is 12.2. The molecule has 0 aromatic heterocycles. The van der Waals surface area contributed by atoms with E-state index in [9.17, 15) is 13.2 Å². The molecule has 0 spiro atoms. The van der Waals surface area contributed by atoms with Gasteiger partial charge in [0.15, 0.2) is 0 Å². The summed E-state index contributed by atoms with van der Waals surface area (Å²) in [7, 11) is 0. The van der Waals surface area contributed by atoms with Crippen molar-refractivity contribution in [3.05, 3.63) is 59.7 Å². The maximum Gasteiger partial charge on any atom is 0.389 e. The predicted octanol–water partition coefficient (Wildman–Crippen LogP) is 8.70. The molecule has 0 amide bonds. The fraction of sp³-hybridized carbons (Fsp3) is 0.538. The van der Waals surface area contributed by atoms with Crippen molar-refractivity contribution in [2.45, 2.75) is 83.2 Å². The number of unbranched alkanes of at least 4 members (excludes halogenated alkanes) is 1. The van der Waals surface area contributed by atoms with Gasteiger partial charge in [-0.15, -0.1) is 0 Å². The van der Waals surface area contributed by atoms with Crippen molar-refractivity contribution in [2.75, 3.05) is 0 Å². The van der Waals surface area contributed by atoms with Crippen LogP contribution in [0.3, 0.4) is 0 Å². The highest BCUT2D eigenvalue weighted by atomic mass is 19.4. The number of aryl methyl sites for hydroxylation is 1. The summed E-state index contributed by atoms with van der Waals surface area (Å²) in [5.41, 5.74) is 4.95. The van der Waals surface area contributed by atoms with Crippen molar-refractivity contribution in [3.8, 4) is 11.1 Å². The molecule has 1 aliphatic rings. The monoisotopic (exact) mass is 402 g/mol. The topological polar surface area (TPSA) is 0 Å². The van der Waals surface area contributed by atoms with E-state index in [4.69, 9.17) is 0 Å². The highest BCUT2D eigenvalue weighted by Crippen LogP contribution is 2.38. The van der Waals surface area contributed by atoms with Crippen molar-refractivity contribution in [1.82, 2.24) is 0 Å². The zero-order valence-corrected chi connectivity index (χ0v) is 17.5. The van der Waals surface area contributed by atoms with Crippen LogP contribution in [0.15, 0.2) is 48.5 Å². The summed E-state index contributed by atoms with van der Waals surface area (Å²) in [4.78, 5) is 0. The Labute approximate surface area is 173 Å². The molecule has 1 saturated carbocycles. The van der Waals surface area contributed by atoms with E-state index < -0.39 is 12.6 Å². The fourth-order valence-electron chi connectivity index (χ4n) is 4.66. The van der Waals surface area contributed by atoms with Crippen LogP contribution in [0.5, 0.6) is 0 Å². The second kappa shape index (κ2) is 10.3. The molecule has 0 radical (unpaired) electrons. The molecule has 29 heavy (non-hydrogen) atoms. The van der Waals surface area contributed by atoms with Crippen molar-refractivity contribution >= 4 is 0 Å². The van der Waals surface area contributed by atoms with Crippen molar-refractivity contribution in [3.63, 3.8) is 0 Å². The summed E-state index contributed by atoms with van der Waals surface area (Å²) in [5.74, 6) is 1.64. The molecule has 0 saturated heterocycles. The fourth-order valence-corrected chi connectivity index (χ4v) is 4.66. The first-order valence-corrected chi connectivity index (χ1v) is 11.2. The molecule has 158 valence electrons. The highest BCUT2D eigenvalue weighted by molar-refractivity contribution is 5.64. The first kappa shape index (κ1) is 21.9. The Morgan fingerprint density at radius 2 is 1.38 bits per heavy atom. The van der Waals surface area contributed by atoms with Crippen LogP contribution in [0.2, 0.25) is 0 Å². The van der Waals surface area contributed by atoms with E-state index >= 15 is 0 Å². The van der Waals surface area contributed by atoms with E-state index in [-0.39, 0.29) is 6.42 Å². The second-order valence-corrected chi connectivity index (χ2v) is 8.65. The smallest absolute Gasteiger partial charge is 0.171 e. The first-order valence-electron chi connectivity index (χ1n) is 11.2. The Morgan fingerprint density at radius 3 is 1.93 bits per heavy atom. The average Bonchev–Trinajstić information content (AvgIpc) is 2.72. The minimum Gasteiger partial charge on any atom is -0.171 e.